The van der Waals surface area contributed by atoms with Gasteiger partial charge in [-0.2, -0.15) is 0 Å². The van der Waals surface area contributed by atoms with E-state index < -0.39 is 0 Å². The molecule has 1 N–H and O–H groups in total. The maximum absolute atomic E-state index is 12.1. The van der Waals surface area contributed by atoms with E-state index in [4.69, 9.17) is 4.52 Å². The highest BCUT2D eigenvalue weighted by Crippen LogP contribution is 2.22. The minimum Gasteiger partial charge on any atom is -0.354 e. The number of hydrogen-bond donors (Lipinski definition) is 1. The van der Waals surface area contributed by atoms with Crippen molar-refractivity contribution in [2.24, 2.45) is 7.05 Å². The van der Waals surface area contributed by atoms with E-state index >= 15 is 0 Å². The van der Waals surface area contributed by atoms with Crippen LogP contribution in [0.4, 0.5) is 5.82 Å². The largest absolute Gasteiger partial charge is 0.354 e. The van der Waals surface area contributed by atoms with Gasteiger partial charge in [0.1, 0.15) is 0 Å². The molecule has 0 aliphatic rings. The van der Waals surface area contributed by atoms with Crippen molar-refractivity contribution in [3.63, 3.8) is 0 Å². The maximum Gasteiger partial charge on any atom is 0.258 e. The minimum absolute atomic E-state index is 0.177. The zero-order chi connectivity index (χ0) is 15.5. The Morgan fingerprint density at radius 3 is 2.68 bits per heavy atom. The summed E-state index contributed by atoms with van der Waals surface area (Å²) in [4.78, 5) is 23.4. The van der Waals surface area contributed by atoms with E-state index in [1.807, 2.05) is 30.3 Å². The molecular formula is C16H13N3O3. The Morgan fingerprint density at radius 2 is 1.95 bits per heavy atom. The van der Waals surface area contributed by atoms with Crippen LogP contribution in [0.1, 0.15) is 10.4 Å². The van der Waals surface area contributed by atoms with E-state index in [2.05, 4.69) is 10.5 Å². The van der Waals surface area contributed by atoms with Crippen LogP contribution in [0, 0.1) is 0 Å². The first kappa shape index (κ1) is 13.8. The molecule has 0 atom stereocenters. The van der Waals surface area contributed by atoms with Crippen LogP contribution in [0.15, 0.2) is 64.0 Å². The van der Waals surface area contributed by atoms with Crippen molar-refractivity contribution >= 4 is 11.7 Å². The van der Waals surface area contributed by atoms with Crippen molar-refractivity contribution in [2.75, 3.05) is 5.32 Å². The first-order valence-corrected chi connectivity index (χ1v) is 6.63. The van der Waals surface area contributed by atoms with Crippen molar-refractivity contribution in [3.8, 4) is 11.3 Å². The number of benzene rings is 1. The number of carbonyl (C=O) groups excluding carboxylic acids is 1. The lowest BCUT2D eigenvalue weighted by molar-refractivity contribution is 0.102. The number of nitrogens with one attached hydrogen (secondary N) is 1. The van der Waals surface area contributed by atoms with Crippen LogP contribution < -0.4 is 10.9 Å². The topological polar surface area (TPSA) is 77.1 Å². The molecule has 1 amide bonds. The third kappa shape index (κ3) is 2.80. The lowest BCUT2D eigenvalue weighted by Gasteiger charge is -2.02. The van der Waals surface area contributed by atoms with E-state index in [9.17, 15) is 9.59 Å². The molecule has 0 saturated carbocycles. The predicted octanol–water partition coefficient (Wildman–Crippen LogP) is 2.29. The summed E-state index contributed by atoms with van der Waals surface area (Å²) in [6, 6.07) is 13.9. The Bertz CT molecular complexity index is 866. The number of carbonyl (C=O) groups is 1. The van der Waals surface area contributed by atoms with Gasteiger partial charge in [0.2, 0.25) is 5.56 Å². The summed E-state index contributed by atoms with van der Waals surface area (Å²) in [6.07, 6.45) is 1.47. The molecule has 0 aliphatic carbocycles. The van der Waals surface area contributed by atoms with E-state index in [1.54, 1.807) is 13.1 Å². The third-order valence-corrected chi connectivity index (χ3v) is 3.16. The predicted molar refractivity (Wildman–Crippen MR) is 81.6 cm³/mol. The van der Waals surface area contributed by atoms with Crippen LogP contribution in [0.2, 0.25) is 0 Å². The van der Waals surface area contributed by atoms with Gasteiger partial charge in [-0.1, -0.05) is 35.5 Å². The van der Waals surface area contributed by atoms with Crippen molar-refractivity contribution in [1.29, 1.82) is 0 Å². The SMILES string of the molecule is Cn1cc(C(=O)Nc2cc(-c3ccccc3)on2)ccc1=O. The molecule has 6 heteroatoms. The van der Waals surface area contributed by atoms with Crippen LogP contribution in [-0.4, -0.2) is 15.6 Å². The molecular weight excluding hydrogens is 282 g/mol. The van der Waals surface area contributed by atoms with Gasteiger partial charge in [-0.3, -0.25) is 9.59 Å². The smallest absolute Gasteiger partial charge is 0.258 e. The molecule has 0 aliphatic heterocycles. The highest BCUT2D eigenvalue weighted by molar-refractivity contribution is 6.03. The van der Waals surface area contributed by atoms with Gasteiger partial charge in [0.25, 0.3) is 5.91 Å². The summed E-state index contributed by atoms with van der Waals surface area (Å²) >= 11 is 0. The third-order valence-electron chi connectivity index (χ3n) is 3.16. The van der Waals surface area contributed by atoms with Gasteiger partial charge in [-0.15, -0.1) is 0 Å². The van der Waals surface area contributed by atoms with Gasteiger partial charge in [-0.25, -0.2) is 0 Å². The summed E-state index contributed by atoms with van der Waals surface area (Å²) in [6.45, 7) is 0. The zero-order valence-electron chi connectivity index (χ0n) is 11.8. The van der Waals surface area contributed by atoms with Crippen molar-refractivity contribution in [2.45, 2.75) is 0 Å². The fourth-order valence-corrected chi connectivity index (χ4v) is 1.99. The second-order valence-corrected chi connectivity index (χ2v) is 4.76. The molecule has 0 saturated heterocycles. The number of pyridine rings is 1. The monoisotopic (exact) mass is 295 g/mol. The number of nitrogens with zero attached hydrogens (tertiary/aromatic N) is 2. The molecule has 0 bridgehead atoms. The normalized spacial score (nSPS) is 10.4. The van der Waals surface area contributed by atoms with Gasteiger partial charge >= 0.3 is 0 Å². The molecule has 3 aromatic rings. The van der Waals surface area contributed by atoms with E-state index in [1.165, 1.54) is 22.9 Å². The highest BCUT2D eigenvalue weighted by Gasteiger charge is 2.11. The Kier molecular flexibility index (Phi) is 3.57. The first-order valence-electron chi connectivity index (χ1n) is 6.63. The number of anilines is 1. The lowest BCUT2D eigenvalue weighted by Crippen LogP contribution is -2.19. The molecule has 110 valence electrons. The molecule has 1 aromatic carbocycles. The quantitative estimate of drug-likeness (QED) is 0.804. The fraction of sp³-hybridized carbons (Fsp3) is 0.0625. The summed E-state index contributed by atoms with van der Waals surface area (Å²) < 4.78 is 6.55. The lowest BCUT2D eigenvalue weighted by atomic mass is 10.2. The molecule has 2 heterocycles. The molecule has 6 nitrogen and oxygen atoms in total. The van der Waals surface area contributed by atoms with Crippen LogP contribution in [0.25, 0.3) is 11.3 Å². The van der Waals surface area contributed by atoms with E-state index in [-0.39, 0.29) is 11.5 Å². The molecule has 0 fully saturated rings. The van der Waals surface area contributed by atoms with E-state index in [0.717, 1.165) is 5.56 Å². The Hall–Kier alpha value is -3.15. The van der Waals surface area contributed by atoms with Crippen molar-refractivity contribution in [3.05, 3.63) is 70.6 Å². The molecule has 2 aromatic heterocycles. The van der Waals surface area contributed by atoms with Gasteiger partial charge in [0.15, 0.2) is 11.6 Å². The van der Waals surface area contributed by atoms with Crippen LogP contribution in [0.5, 0.6) is 0 Å². The molecule has 0 radical (unpaired) electrons. The molecule has 22 heavy (non-hydrogen) atoms. The Labute approximate surface area is 126 Å². The Balaban J connectivity index is 1.79. The van der Waals surface area contributed by atoms with Gasteiger partial charge in [-0.05, 0) is 6.07 Å². The number of hydrogen-bond acceptors (Lipinski definition) is 4. The van der Waals surface area contributed by atoms with Crippen LogP contribution in [-0.2, 0) is 7.05 Å². The number of rotatable bonds is 3. The van der Waals surface area contributed by atoms with Gasteiger partial charge in [0, 0.05) is 30.9 Å². The highest BCUT2D eigenvalue weighted by atomic mass is 16.5. The van der Waals surface area contributed by atoms with Crippen molar-refractivity contribution in [1.82, 2.24) is 9.72 Å². The van der Waals surface area contributed by atoms with Gasteiger partial charge < -0.3 is 14.4 Å². The standard InChI is InChI=1S/C16H13N3O3/c1-19-10-12(7-8-15(19)20)16(21)17-14-9-13(22-18-14)11-5-3-2-4-6-11/h2-10H,1H3,(H,17,18,21). The average Bonchev–Trinajstić information content (AvgIpc) is 2.99. The molecule has 0 unspecified atom stereocenters. The van der Waals surface area contributed by atoms with Crippen LogP contribution in [0.3, 0.4) is 0 Å². The molecule has 0 spiro atoms. The summed E-state index contributed by atoms with van der Waals surface area (Å²) in [5.74, 6) is 0.526. The van der Waals surface area contributed by atoms with Crippen LogP contribution >= 0.6 is 0 Å². The number of amides is 1. The fourth-order valence-electron chi connectivity index (χ4n) is 1.99. The zero-order valence-corrected chi connectivity index (χ0v) is 11.8. The summed E-state index contributed by atoms with van der Waals surface area (Å²) in [5.41, 5.74) is 1.06. The van der Waals surface area contributed by atoms with Crippen molar-refractivity contribution < 1.29 is 9.32 Å². The number of aryl methyl sites for hydroxylation is 1. The first-order chi connectivity index (χ1) is 10.6. The summed E-state index contributed by atoms with van der Waals surface area (Å²) in [7, 11) is 1.59. The summed E-state index contributed by atoms with van der Waals surface area (Å²) in [5, 5.41) is 6.46. The minimum atomic E-state index is -0.358. The van der Waals surface area contributed by atoms with E-state index in [0.29, 0.717) is 17.1 Å². The van der Waals surface area contributed by atoms with Gasteiger partial charge in [0.05, 0.1) is 5.56 Å². The number of aromatic nitrogens is 2. The molecule has 3 rings (SSSR count). The average molecular weight is 295 g/mol. The second kappa shape index (κ2) is 5.69. The second-order valence-electron chi connectivity index (χ2n) is 4.76. The maximum atomic E-state index is 12.1. The Morgan fingerprint density at radius 1 is 1.18 bits per heavy atom.